The van der Waals surface area contributed by atoms with Crippen LogP contribution in [0.2, 0.25) is 0 Å². The Morgan fingerprint density at radius 1 is 1.24 bits per heavy atom. The summed E-state index contributed by atoms with van der Waals surface area (Å²) in [5.41, 5.74) is 0. The second-order valence-corrected chi connectivity index (χ2v) is 8.54. The number of hydrogen-bond donors (Lipinski definition) is 1. The third-order valence-electron chi connectivity index (χ3n) is 4.70. The average molecular weight is 370 g/mol. The van der Waals surface area contributed by atoms with E-state index in [1.165, 1.54) is 4.31 Å². The fourth-order valence-corrected chi connectivity index (χ4v) is 4.18. The number of amides is 1. The van der Waals surface area contributed by atoms with E-state index in [0.717, 1.165) is 4.90 Å². The van der Waals surface area contributed by atoms with E-state index in [4.69, 9.17) is 4.74 Å². The number of carbonyl (C=O) groups is 1. The van der Waals surface area contributed by atoms with Crippen molar-refractivity contribution >= 4 is 15.9 Å². The first kappa shape index (κ1) is 19.7. The fraction of sp³-hybridized carbons (Fsp3) is 0.588. The Labute approximate surface area is 150 Å². The summed E-state index contributed by atoms with van der Waals surface area (Å²) in [4.78, 5) is 15.3. The number of carbonyl (C=O) groups excluding carboxylic acids is 1. The summed E-state index contributed by atoms with van der Waals surface area (Å²) in [6, 6.07) is 6.59. The Morgan fingerprint density at radius 2 is 1.80 bits per heavy atom. The number of nitrogens with zero attached hydrogens (tertiary/aromatic N) is 2. The van der Waals surface area contributed by atoms with Crippen molar-refractivity contribution in [3.63, 3.8) is 0 Å². The summed E-state index contributed by atoms with van der Waals surface area (Å²) in [6.45, 7) is 6.47. The number of piperazine rings is 1. The molecule has 1 saturated heterocycles. The summed E-state index contributed by atoms with van der Waals surface area (Å²) in [6.07, 6.45) is 0. The van der Waals surface area contributed by atoms with Crippen LogP contribution in [-0.2, 0) is 14.8 Å². The number of rotatable bonds is 6. The molecule has 1 heterocycles. The third kappa shape index (κ3) is 4.71. The van der Waals surface area contributed by atoms with Gasteiger partial charge in [-0.15, -0.1) is 0 Å². The molecule has 25 heavy (non-hydrogen) atoms. The van der Waals surface area contributed by atoms with Crippen LogP contribution in [0.3, 0.4) is 0 Å². The Morgan fingerprint density at radius 3 is 2.28 bits per heavy atom. The molecule has 8 heteroatoms. The lowest BCUT2D eigenvalue weighted by atomic mass is 10.3. The monoisotopic (exact) mass is 370 g/mol. The van der Waals surface area contributed by atoms with E-state index in [1.807, 2.05) is 13.8 Å². The van der Waals surface area contributed by atoms with Crippen molar-refractivity contribution in [1.82, 2.24) is 9.21 Å². The van der Waals surface area contributed by atoms with Gasteiger partial charge in [0.15, 0.2) is 6.54 Å². The van der Waals surface area contributed by atoms with Crippen LogP contribution in [0.15, 0.2) is 29.2 Å². The maximum atomic E-state index is 12.7. The molecule has 1 amide bonds. The average Bonchev–Trinajstić information content (AvgIpc) is 2.61. The molecule has 0 unspecified atom stereocenters. The van der Waals surface area contributed by atoms with Crippen LogP contribution in [0.5, 0.6) is 5.75 Å². The van der Waals surface area contributed by atoms with Crippen molar-refractivity contribution in [3.05, 3.63) is 24.3 Å². The first-order valence-electron chi connectivity index (χ1n) is 8.49. The second kappa shape index (κ2) is 8.16. The van der Waals surface area contributed by atoms with Gasteiger partial charge in [0, 0.05) is 13.1 Å². The molecule has 0 atom stereocenters. The van der Waals surface area contributed by atoms with Crippen molar-refractivity contribution in [1.29, 1.82) is 0 Å². The van der Waals surface area contributed by atoms with E-state index in [2.05, 4.69) is 0 Å². The zero-order valence-electron chi connectivity index (χ0n) is 15.4. The van der Waals surface area contributed by atoms with E-state index in [9.17, 15) is 13.2 Å². The highest BCUT2D eigenvalue weighted by molar-refractivity contribution is 7.89. The van der Waals surface area contributed by atoms with Crippen LogP contribution < -0.4 is 9.64 Å². The molecule has 0 bridgehead atoms. The largest absolute Gasteiger partial charge is 0.497 e. The van der Waals surface area contributed by atoms with Gasteiger partial charge in [-0.3, -0.25) is 4.79 Å². The van der Waals surface area contributed by atoms with Gasteiger partial charge in [-0.25, -0.2) is 8.42 Å². The zero-order chi connectivity index (χ0) is 18.6. The lowest BCUT2D eigenvalue weighted by Gasteiger charge is -2.32. The molecule has 2 rings (SSSR count). The molecule has 0 aliphatic carbocycles. The minimum atomic E-state index is -3.50. The fourth-order valence-electron chi connectivity index (χ4n) is 2.74. The predicted molar refractivity (Wildman–Crippen MR) is 95.2 cm³/mol. The Bertz CT molecular complexity index is 680. The van der Waals surface area contributed by atoms with Crippen LogP contribution in [0, 0.1) is 0 Å². The van der Waals surface area contributed by atoms with E-state index >= 15 is 0 Å². The molecule has 1 aromatic carbocycles. The van der Waals surface area contributed by atoms with Gasteiger partial charge < -0.3 is 14.5 Å². The third-order valence-corrected chi connectivity index (χ3v) is 6.61. The molecular formula is C17H28N3O4S+. The molecule has 0 aromatic heterocycles. The number of nitrogens with one attached hydrogen (secondary N) is 1. The number of methoxy groups -OCH3 is 1. The second-order valence-electron chi connectivity index (χ2n) is 6.60. The summed E-state index contributed by atoms with van der Waals surface area (Å²) < 4.78 is 32.0. The lowest BCUT2D eigenvalue weighted by molar-refractivity contribution is -0.896. The van der Waals surface area contributed by atoms with Gasteiger partial charge in [0.05, 0.1) is 38.2 Å². The smallest absolute Gasteiger partial charge is 0.277 e. The molecule has 0 radical (unpaired) electrons. The van der Waals surface area contributed by atoms with E-state index < -0.39 is 10.0 Å². The van der Waals surface area contributed by atoms with Crippen molar-refractivity contribution < 1.29 is 22.8 Å². The minimum absolute atomic E-state index is 0.0939. The normalized spacial score (nSPS) is 16.8. The summed E-state index contributed by atoms with van der Waals surface area (Å²) in [5, 5.41) is 0. The van der Waals surface area contributed by atoms with Crippen LogP contribution in [-0.4, -0.2) is 76.5 Å². The number of quaternary nitrogens is 1. The van der Waals surface area contributed by atoms with E-state index in [-0.39, 0.29) is 16.8 Å². The minimum Gasteiger partial charge on any atom is -0.497 e. The van der Waals surface area contributed by atoms with Gasteiger partial charge in [-0.2, -0.15) is 4.31 Å². The van der Waals surface area contributed by atoms with Gasteiger partial charge in [0.1, 0.15) is 5.75 Å². The summed E-state index contributed by atoms with van der Waals surface area (Å²) in [5.74, 6) is 0.720. The molecule has 1 aliphatic rings. The Hall–Kier alpha value is -1.64. The molecule has 0 spiro atoms. The van der Waals surface area contributed by atoms with E-state index in [0.29, 0.717) is 38.5 Å². The first-order chi connectivity index (χ1) is 11.8. The van der Waals surface area contributed by atoms with Gasteiger partial charge in [-0.05, 0) is 38.1 Å². The van der Waals surface area contributed by atoms with Gasteiger partial charge >= 0.3 is 0 Å². The SMILES string of the molecule is COc1ccc(S(=O)(=O)N2CC[NH+](CC(=O)N(C)C(C)C)CC2)cc1. The summed E-state index contributed by atoms with van der Waals surface area (Å²) in [7, 11) is -0.152. The van der Waals surface area contributed by atoms with Crippen molar-refractivity contribution in [2.45, 2.75) is 24.8 Å². The van der Waals surface area contributed by atoms with E-state index in [1.54, 1.807) is 43.3 Å². The molecular weight excluding hydrogens is 342 g/mol. The highest BCUT2D eigenvalue weighted by atomic mass is 32.2. The maximum absolute atomic E-state index is 12.7. The Balaban J connectivity index is 1.95. The van der Waals surface area contributed by atoms with Crippen LogP contribution in [0.1, 0.15) is 13.8 Å². The number of likely N-dealkylation sites (N-methyl/N-ethyl adjacent to an activating group) is 1. The maximum Gasteiger partial charge on any atom is 0.277 e. The highest BCUT2D eigenvalue weighted by Gasteiger charge is 2.31. The molecule has 0 saturated carbocycles. The standard InChI is InChI=1S/C17H27N3O4S/c1-14(2)18(3)17(21)13-19-9-11-20(12-10-19)25(22,23)16-7-5-15(24-4)6-8-16/h5-8,14H,9-13H2,1-4H3/p+1. The van der Waals surface area contributed by atoms with Crippen LogP contribution in [0.25, 0.3) is 0 Å². The molecule has 1 fully saturated rings. The molecule has 1 aliphatic heterocycles. The molecule has 1 aromatic rings. The molecule has 1 N–H and O–H groups in total. The van der Waals surface area contributed by atoms with Crippen molar-refractivity contribution in [3.8, 4) is 5.75 Å². The first-order valence-corrected chi connectivity index (χ1v) is 9.93. The Kier molecular flexibility index (Phi) is 6.42. The number of ether oxygens (including phenoxy) is 1. The predicted octanol–water partition coefficient (Wildman–Crippen LogP) is -0.549. The van der Waals surface area contributed by atoms with Crippen molar-refractivity contribution in [2.75, 3.05) is 46.9 Å². The topological polar surface area (TPSA) is 71.4 Å². The quantitative estimate of drug-likeness (QED) is 0.730. The highest BCUT2D eigenvalue weighted by Crippen LogP contribution is 2.19. The number of benzene rings is 1. The van der Waals surface area contributed by atoms with Crippen molar-refractivity contribution in [2.24, 2.45) is 0 Å². The number of hydrogen-bond acceptors (Lipinski definition) is 4. The lowest BCUT2D eigenvalue weighted by Crippen LogP contribution is -3.15. The van der Waals surface area contributed by atoms with Gasteiger partial charge in [0.2, 0.25) is 10.0 Å². The number of sulfonamides is 1. The van der Waals surface area contributed by atoms with Crippen LogP contribution in [0.4, 0.5) is 0 Å². The zero-order valence-corrected chi connectivity index (χ0v) is 16.2. The van der Waals surface area contributed by atoms with Crippen LogP contribution >= 0.6 is 0 Å². The summed E-state index contributed by atoms with van der Waals surface area (Å²) >= 11 is 0. The molecule has 140 valence electrons. The van der Waals surface area contributed by atoms with Gasteiger partial charge in [0.25, 0.3) is 5.91 Å². The molecule has 7 nitrogen and oxygen atoms in total. The van der Waals surface area contributed by atoms with Gasteiger partial charge in [-0.1, -0.05) is 0 Å².